The second-order valence-electron chi connectivity index (χ2n) is 5.86. The minimum atomic E-state index is -0.614. The Morgan fingerprint density at radius 2 is 2.25 bits per heavy atom. The number of anilines is 1. The Morgan fingerprint density at radius 1 is 1.50 bits per heavy atom. The number of azide groups is 1. The number of hydrogen-bond acceptors (Lipinski definition) is 7. The van der Waals surface area contributed by atoms with Gasteiger partial charge in [-0.1, -0.05) is 5.11 Å². The van der Waals surface area contributed by atoms with Crippen LogP contribution in [0.5, 0.6) is 0 Å². The topological polar surface area (TPSA) is 126 Å². The van der Waals surface area contributed by atoms with Crippen molar-refractivity contribution in [3.05, 3.63) is 32.7 Å². The van der Waals surface area contributed by atoms with E-state index in [0.717, 1.165) is 5.56 Å². The molecule has 0 amide bonds. The van der Waals surface area contributed by atoms with Crippen molar-refractivity contribution < 1.29 is 14.6 Å². The summed E-state index contributed by atoms with van der Waals surface area (Å²) in [6.45, 7) is 4.24. The van der Waals surface area contributed by atoms with Gasteiger partial charge < -0.3 is 19.5 Å². The predicted octanol–water partition coefficient (Wildman–Crippen LogP) is 0.347. The summed E-state index contributed by atoms with van der Waals surface area (Å²) in [5.74, 6) is 0.655. The fraction of sp³-hybridized carbons (Fsp3) is 0.714. The molecule has 3 rings (SSSR count). The highest BCUT2D eigenvalue weighted by Gasteiger charge is 2.36. The Kier molecular flexibility index (Phi) is 5.00. The van der Waals surface area contributed by atoms with Crippen molar-refractivity contribution in [2.45, 2.75) is 31.7 Å². The lowest BCUT2D eigenvalue weighted by Crippen LogP contribution is -2.39. The maximum atomic E-state index is 12.4. The Bertz CT molecular complexity index is 695. The first-order valence-corrected chi connectivity index (χ1v) is 7.87. The number of ether oxygens (including phenoxy) is 2. The van der Waals surface area contributed by atoms with Gasteiger partial charge in [-0.2, -0.15) is 4.98 Å². The number of aryl methyl sites for hydroxylation is 1. The molecule has 0 unspecified atom stereocenters. The summed E-state index contributed by atoms with van der Waals surface area (Å²) in [7, 11) is 0. The Hall–Kier alpha value is -2.13. The number of aromatic nitrogens is 2. The van der Waals surface area contributed by atoms with Crippen molar-refractivity contribution in [3.8, 4) is 0 Å². The number of nitrogens with zero attached hydrogens (tertiary/aromatic N) is 6. The second kappa shape index (κ2) is 7.18. The Balaban J connectivity index is 1.86. The van der Waals surface area contributed by atoms with Gasteiger partial charge in [0.1, 0.15) is 12.0 Å². The molecule has 2 saturated heterocycles. The van der Waals surface area contributed by atoms with E-state index in [9.17, 15) is 9.90 Å². The van der Waals surface area contributed by atoms with E-state index in [4.69, 9.17) is 15.0 Å². The van der Waals surface area contributed by atoms with Crippen LogP contribution in [0.15, 0.2) is 16.1 Å². The number of hydrogen-bond donors (Lipinski definition) is 1. The van der Waals surface area contributed by atoms with Crippen molar-refractivity contribution in [2.75, 3.05) is 37.8 Å². The molecule has 1 aromatic rings. The highest BCUT2D eigenvalue weighted by molar-refractivity contribution is 5.45. The molecule has 1 aromatic heterocycles. The smallest absolute Gasteiger partial charge is 0.351 e. The Morgan fingerprint density at radius 3 is 2.92 bits per heavy atom. The van der Waals surface area contributed by atoms with E-state index in [1.807, 2.05) is 11.8 Å². The molecule has 24 heavy (non-hydrogen) atoms. The molecule has 10 nitrogen and oxygen atoms in total. The fourth-order valence-electron chi connectivity index (χ4n) is 3.10. The van der Waals surface area contributed by atoms with Crippen molar-refractivity contribution in [3.63, 3.8) is 0 Å². The molecule has 0 aliphatic carbocycles. The zero-order valence-corrected chi connectivity index (χ0v) is 13.4. The third kappa shape index (κ3) is 3.22. The van der Waals surface area contributed by atoms with Crippen LogP contribution in [-0.4, -0.2) is 59.7 Å². The zero-order valence-electron chi connectivity index (χ0n) is 13.4. The van der Waals surface area contributed by atoms with Gasteiger partial charge in [-0.15, -0.1) is 0 Å². The molecule has 0 saturated carbocycles. The van der Waals surface area contributed by atoms with Crippen LogP contribution in [-0.2, 0) is 9.47 Å². The van der Waals surface area contributed by atoms with Crippen LogP contribution in [0.1, 0.15) is 18.2 Å². The fourth-order valence-corrected chi connectivity index (χ4v) is 3.10. The third-order valence-electron chi connectivity index (χ3n) is 4.31. The molecule has 3 atom stereocenters. The van der Waals surface area contributed by atoms with Crippen LogP contribution < -0.4 is 10.6 Å². The summed E-state index contributed by atoms with van der Waals surface area (Å²) >= 11 is 0. The summed E-state index contributed by atoms with van der Waals surface area (Å²) in [5.41, 5.74) is 9.03. The molecule has 10 heteroatoms. The quantitative estimate of drug-likeness (QED) is 0.480. The van der Waals surface area contributed by atoms with Crippen LogP contribution in [0.4, 0.5) is 5.82 Å². The standard InChI is InChI=1S/C14H20N6O4/c1-9-7-20(12-6-10(17-18-15)11(8-21)24-12)14(22)16-13(9)19-2-4-23-5-3-19/h7,10-12,21H,2-6,8H2,1H3/t10-,11+,12+/m0/s1. The summed E-state index contributed by atoms with van der Waals surface area (Å²) in [4.78, 5) is 21.4. The van der Waals surface area contributed by atoms with Gasteiger partial charge in [-0.05, 0) is 12.5 Å². The van der Waals surface area contributed by atoms with Crippen LogP contribution >= 0.6 is 0 Å². The van der Waals surface area contributed by atoms with Gasteiger partial charge in [0.2, 0.25) is 0 Å². The van der Waals surface area contributed by atoms with Crippen LogP contribution in [0.3, 0.4) is 0 Å². The maximum absolute atomic E-state index is 12.4. The van der Waals surface area contributed by atoms with Crippen molar-refractivity contribution >= 4 is 5.82 Å². The molecule has 0 aromatic carbocycles. The molecular weight excluding hydrogens is 316 g/mol. The summed E-state index contributed by atoms with van der Waals surface area (Å²) in [6, 6.07) is -0.504. The van der Waals surface area contributed by atoms with Crippen molar-refractivity contribution in [2.24, 2.45) is 5.11 Å². The lowest BCUT2D eigenvalue weighted by atomic mass is 10.1. The number of rotatable bonds is 4. The average molecular weight is 336 g/mol. The van der Waals surface area contributed by atoms with Gasteiger partial charge in [0, 0.05) is 36.2 Å². The molecule has 2 aliphatic heterocycles. The summed E-state index contributed by atoms with van der Waals surface area (Å²) in [6.07, 6.45) is 0.817. The van der Waals surface area contributed by atoms with Gasteiger partial charge in [0.25, 0.3) is 0 Å². The van der Waals surface area contributed by atoms with Crippen LogP contribution in [0.25, 0.3) is 10.4 Å². The van der Waals surface area contributed by atoms with E-state index in [0.29, 0.717) is 38.5 Å². The first-order chi connectivity index (χ1) is 11.6. The van der Waals surface area contributed by atoms with E-state index in [2.05, 4.69) is 15.0 Å². The van der Waals surface area contributed by atoms with Crippen LogP contribution in [0, 0.1) is 6.92 Å². The summed E-state index contributed by atoms with van der Waals surface area (Å²) < 4.78 is 12.4. The van der Waals surface area contributed by atoms with Gasteiger partial charge in [-0.3, -0.25) is 4.57 Å². The minimum absolute atomic E-state index is 0.271. The molecule has 2 aliphatic rings. The van der Waals surface area contributed by atoms with Crippen molar-refractivity contribution in [1.82, 2.24) is 9.55 Å². The van der Waals surface area contributed by atoms with E-state index in [1.165, 1.54) is 4.57 Å². The minimum Gasteiger partial charge on any atom is -0.394 e. The molecule has 3 heterocycles. The number of morpholine rings is 1. The SMILES string of the molecule is Cc1cn([C@H]2C[C@H](N=[N+]=[N-])[C@@H](CO)O2)c(=O)nc1N1CCOCC1. The second-order valence-corrected chi connectivity index (χ2v) is 5.86. The lowest BCUT2D eigenvalue weighted by molar-refractivity contribution is -0.0270. The van der Waals surface area contributed by atoms with Gasteiger partial charge in [-0.25, -0.2) is 4.79 Å². The van der Waals surface area contributed by atoms with E-state index >= 15 is 0 Å². The molecule has 1 N–H and O–H groups in total. The highest BCUT2D eigenvalue weighted by atomic mass is 16.5. The zero-order chi connectivity index (χ0) is 17.1. The first-order valence-electron chi connectivity index (χ1n) is 7.87. The molecule has 0 spiro atoms. The number of aliphatic hydroxyl groups excluding tert-OH is 1. The van der Waals surface area contributed by atoms with Crippen LogP contribution in [0.2, 0.25) is 0 Å². The first kappa shape index (κ1) is 16.7. The molecule has 2 fully saturated rings. The maximum Gasteiger partial charge on any atom is 0.351 e. The largest absolute Gasteiger partial charge is 0.394 e. The van der Waals surface area contributed by atoms with E-state index in [-0.39, 0.29) is 6.61 Å². The highest BCUT2D eigenvalue weighted by Crippen LogP contribution is 2.30. The van der Waals surface area contributed by atoms with Crippen molar-refractivity contribution in [1.29, 1.82) is 0 Å². The Labute approximate surface area is 138 Å². The van der Waals surface area contributed by atoms with Gasteiger partial charge in [0.15, 0.2) is 0 Å². The molecule has 0 radical (unpaired) electrons. The van der Waals surface area contributed by atoms with E-state index < -0.39 is 24.1 Å². The predicted molar refractivity (Wildman–Crippen MR) is 84.8 cm³/mol. The molecule has 0 bridgehead atoms. The van der Waals surface area contributed by atoms with Gasteiger partial charge in [0.05, 0.1) is 32.0 Å². The molecule has 130 valence electrons. The average Bonchev–Trinajstić information content (AvgIpc) is 3.00. The van der Waals surface area contributed by atoms with Gasteiger partial charge >= 0.3 is 5.69 Å². The third-order valence-corrected chi connectivity index (χ3v) is 4.31. The summed E-state index contributed by atoms with van der Waals surface area (Å²) in [5, 5.41) is 13.0. The number of aliphatic hydroxyl groups is 1. The van der Waals surface area contributed by atoms with E-state index in [1.54, 1.807) is 6.20 Å². The normalized spacial score (nSPS) is 27.1. The monoisotopic (exact) mass is 336 g/mol. The molecular formula is C14H20N6O4. The lowest BCUT2D eigenvalue weighted by Gasteiger charge is -2.29.